The van der Waals surface area contributed by atoms with Crippen molar-refractivity contribution in [2.45, 2.75) is 39.2 Å². The topological polar surface area (TPSA) is 120 Å². The Balaban J connectivity index is 1.44. The standard InChI is InChI=1S/C25H27F2N7O2/c1-15-12-31-34(13-15)24-22(27)23(29-14-30-24)33-6-3-17(4-7-33)25(36)32-21(5-8-35)18-9-19(11-28)16(2)20(26)10-18/h9-10,12-14,17,21,35H,3-8H2,1-2H3,(H,32,36)/t21-/m0/s1. The highest BCUT2D eigenvalue weighted by Crippen LogP contribution is 2.28. The molecule has 36 heavy (non-hydrogen) atoms. The number of halogens is 2. The molecule has 4 rings (SSSR count). The lowest BCUT2D eigenvalue weighted by Gasteiger charge is -2.33. The summed E-state index contributed by atoms with van der Waals surface area (Å²) in [6.45, 7) is 3.97. The van der Waals surface area contributed by atoms with Crippen molar-refractivity contribution in [3.05, 3.63) is 64.7 Å². The molecule has 11 heteroatoms. The van der Waals surface area contributed by atoms with Gasteiger partial charge in [0.1, 0.15) is 12.1 Å². The highest BCUT2D eigenvalue weighted by molar-refractivity contribution is 5.79. The number of benzene rings is 1. The maximum Gasteiger partial charge on any atom is 0.223 e. The summed E-state index contributed by atoms with van der Waals surface area (Å²) < 4.78 is 30.9. The van der Waals surface area contributed by atoms with E-state index in [1.165, 1.54) is 30.1 Å². The highest BCUT2D eigenvalue weighted by Gasteiger charge is 2.29. The van der Waals surface area contributed by atoms with E-state index in [1.54, 1.807) is 17.3 Å². The number of carbonyl (C=O) groups excluding carboxylic acids is 1. The Morgan fingerprint density at radius 1 is 1.25 bits per heavy atom. The second-order valence-corrected chi connectivity index (χ2v) is 8.92. The van der Waals surface area contributed by atoms with Gasteiger partial charge in [-0.1, -0.05) is 0 Å². The van der Waals surface area contributed by atoms with Crippen molar-refractivity contribution in [3.63, 3.8) is 0 Å². The molecule has 0 spiro atoms. The first-order chi connectivity index (χ1) is 17.3. The van der Waals surface area contributed by atoms with E-state index in [0.29, 0.717) is 31.5 Å². The second-order valence-electron chi connectivity index (χ2n) is 8.92. The maximum absolute atomic E-state index is 15.2. The van der Waals surface area contributed by atoms with Crippen molar-refractivity contribution in [3.8, 4) is 11.9 Å². The van der Waals surface area contributed by atoms with Crippen molar-refractivity contribution in [2.24, 2.45) is 5.92 Å². The van der Waals surface area contributed by atoms with E-state index in [1.807, 2.05) is 13.0 Å². The molecule has 0 aliphatic carbocycles. The summed E-state index contributed by atoms with van der Waals surface area (Å²) in [6.07, 6.45) is 5.68. The minimum Gasteiger partial charge on any atom is -0.396 e. The Morgan fingerprint density at radius 2 is 1.97 bits per heavy atom. The lowest BCUT2D eigenvalue weighted by atomic mass is 9.93. The Bertz CT molecular complexity index is 1300. The summed E-state index contributed by atoms with van der Waals surface area (Å²) in [7, 11) is 0. The number of nitrogens with one attached hydrogen (secondary N) is 1. The Kier molecular flexibility index (Phi) is 7.55. The highest BCUT2D eigenvalue weighted by atomic mass is 19.1. The van der Waals surface area contributed by atoms with Crippen molar-refractivity contribution < 1.29 is 18.7 Å². The fraction of sp³-hybridized carbons (Fsp3) is 0.400. The molecule has 0 saturated carbocycles. The van der Waals surface area contributed by atoms with Gasteiger partial charge < -0.3 is 15.3 Å². The van der Waals surface area contributed by atoms with Gasteiger partial charge >= 0.3 is 0 Å². The van der Waals surface area contributed by atoms with Crippen molar-refractivity contribution in [2.75, 3.05) is 24.6 Å². The van der Waals surface area contributed by atoms with Crippen LogP contribution in [-0.2, 0) is 4.79 Å². The Morgan fingerprint density at radius 3 is 2.61 bits per heavy atom. The van der Waals surface area contributed by atoms with E-state index < -0.39 is 17.7 Å². The van der Waals surface area contributed by atoms with Gasteiger partial charge in [0, 0.05) is 37.4 Å². The third kappa shape index (κ3) is 5.18. The van der Waals surface area contributed by atoms with Crippen molar-refractivity contribution in [1.82, 2.24) is 25.1 Å². The molecule has 1 aliphatic rings. The SMILES string of the molecule is Cc1cnn(-c2ncnc(N3CCC(C(=O)N[C@@H](CCO)c4cc(F)c(C)c(C#N)c4)CC3)c2F)c1. The zero-order valence-electron chi connectivity index (χ0n) is 20.1. The number of nitriles is 1. The van der Waals surface area contributed by atoms with Crippen LogP contribution in [0.3, 0.4) is 0 Å². The Labute approximate surface area is 207 Å². The number of piperidine rings is 1. The van der Waals surface area contributed by atoms with Crippen LogP contribution in [0.4, 0.5) is 14.6 Å². The molecule has 1 aromatic carbocycles. The van der Waals surface area contributed by atoms with Gasteiger partial charge in [-0.3, -0.25) is 4.79 Å². The van der Waals surface area contributed by atoms with Gasteiger partial charge in [-0.05, 0) is 56.4 Å². The molecule has 3 heterocycles. The third-order valence-corrected chi connectivity index (χ3v) is 6.47. The number of rotatable bonds is 7. The molecule has 0 radical (unpaired) electrons. The summed E-state index contributed by atoms with van der Waals surface area (Å²) in [5.74, 6) is -1.48. The van der Waals surface area contributed by atoms with Crippen LogP contribution in [0.5, 0.6) is 0 Å². The molecule has 1 atom stereocenters. The molecule has 1 saturated heterocycles. The van der Waals surface area contributed by atoms with Crippen LogP contribution in [0.2, 0.25) is 0 Å². The number of carbonyl (C=O) groups is 1. The van der Waals surface area contributed by atoms with Crippen molar-refractivity contribution >= 4 is 11.7 Å². The number of amides is 1. The monoisotopic (exact) mass is 495 g/mol. The number of aliphatic hydroxyl groups excluding tert-OH is 1. The van der Waals surface area contributed by atoms with Gasteiger partial charge in [0.2, 0.25) is 11.7 Å². The van der Waals surface area contributed by atoms with E-state index in [0.717, 1.165) is 5.56 Å². The molecule has 1 fully saturated rings. The molecule has 3 aromatic rings. The third-order valence-electron chi connectivity index (χ3n) is 6.47. The first kappa shape index (κ1) is 25.2. The predicted molar refractivity (Wildman–Crippen MR) is 127 cm³/mol. The van der Waals surface area contributed by atoms with E-state index in [9.17, 15) is 19.6 Å². The number of aryl methyl sites for hydroxylation is 1. The smallest absolute Gasteiger partial charge is 0.223 e. The van der Waals surface area contributed by atoms with Crippen molar-refractivity contribution in [1.29, 1.82) is 5.26 Å². The minimum atomic E-state index is -0.637. The minimum absolute atomic E-state index is 0.0573. The van der Waals surface area contributed by atoms with E-state index in [4.69, 9.17) is 0 Å². The van der Waals surface area contributed by atoms with Crippen LogP contribution >= 0.6 is 0 Å². The fourth-order valence-electron chi connectivity index (χ4n) is 4.37. The number of nitrogens with zero attached hydrogens (tertiary/aromatic N) is 6. The molecule has 188 valence electrons. The van der Waals surface area contributed by atoms with E-state index >= 15 is 4.39 Å². The molecule has 2 N–H and O–H groups in total. The normalized spacial score (nSPS) is 14.9. The summed E-state index contributed by atoms with van der Waals surface area (Å²) >= 11 is 0. The first-order valence-corrected chi connectivity index (χ1v) is 11.7. The Hall–Kier alpha value is -3.91. The van der Waals surface area contributed by atoms with Gasteiger partial charge in [-0.2, -0.15) is 14.8 Å². The van der Waals surface area contributed by atoms with Gasteiger partial charge in [0.15, 0.2) is 11.6 Å². The number of hydrogen-bond acceptors (Lipinski definition) is 7. The lowest BCUT2D eigenvalue weighted by molar-refractivity contribution is -0.126. The van der Waals surface area contributed by atoms with Crippen LogP contribution in [0.25, 0.3) is 5.82 Å². The van der Waals surface area contributed by atoms with Gasteiger partial charge in [-0.15, -0.1) is 0 Å². The lowest BCUT2D eigenvalue weighted by Crippen LogP contribution is -2.42. The zero-order valence-corrected chi connectivity index (χ0v) is 20.1. The van der Waals surface area contributed by atoms with Gasteiger partial charge in [0.05, 0.1) is 23.9 Å². The van der Waals surface area contributed by atoms with Crippen LogP contribution in [0.1, 0.15) is 47.6 Å². The molecule has 1 aliphatic heterocycles. The number of hydrogen-bond donors (Lipinski definition) is 2. The fourth-order valence-corrected chi connectivity index (χ4v) is 4.37. The molecule has 9 nitrogen and oxygen atoms in total. The molecule has 0 bridgehead atoms. The average molecular weight is 496 g/mol. The number of aromatic nitrogens is 4. The summed E-state index contributed by atoms with van der Waals surface area (Å²) in [4.78, 5) is 22.9. The predicted octanol–water partition coefficient (Wildman–Crippen LogP) is 2.89. The quantitative estimate of drug-likeness (QED) is 0.517. The second kappa shape index (κ2) is 10.8. The van der Waals surface area contributed by atoms with Crippen LogP contribution in [0, 0.1) is 42.7 Å². The largest absolute Gasteiger partial charge is 0.396 e. The zero-order chi connectivity index (χ0) is 25.8. The van der Waals surface area contributed by atoms with E-state index in [-0.39, 0.29) is 47.6 Å². The van der Waals surface area contributed by atoms with Crippen LogP contribution in [0.15, 0.2) is 30.9 Å². The van der Waals surface area contributed by atoms with Crippen LogP contribution in [-0.4, -0.2) is 50.5 Å². The summed E-state index contributed by atoms with van der Waals surface area (Å²) in [5.41, 5.74) is 1.73. The maximum atomic E-state index is 15.2. The molecule has 1 amide bonds. The van der Waals surface area contributed by atoms with Crippen LogP contribution < -0.4 is 10.2 Å². The first-order valence-electron chi connectivity index (χ1n) is 11.7. The summed E-state index contributed by atoms with van der Waals surface area (Å²) in [6, 6.07) is 4.15. The molecular formula is C25H27F2N7O2. The molecule has 0 unspecified atom stereocenters. The number of anilines is 1. The van der Waals surface area contributed by atoms with Gasteiger partial charge in [0.25, 0.3) is 0 Å². The molecule has 2 aromatic heterocycles. The number of aliphatic hydroxyl groups is 1. The summed E-state index contributed by atoms with van der Waals surface area (Å²) in [5, 5.41) is 25.8. The molecular weight excluding hydrogens is 468 g/mol. The van der Waals surface area contributed by atoms with E-state index in [2.05, 4.69) is 20.4 Å². The average Bonchev–Trinajstić information content (AvgIpc) is 3.31. The van der Waals surface area contributed by atoms with Gasteiger partial charge in [-0.25, -0.2) is 19.0 Å².